The summed E-state index contributed by atoms with van der Waals surface area (Å²) in [4.78, 5) is 0. The van der Waals surface area contributed by atoms with Crippen LogP contribution in [0.5, 0.6) is 0 Å². The Morgan fingerprint density at radius 3 is 2.12 bits per heavy atom. The molecule has 1 nitrogen and oxygen atoms in total. The highest BCUT2D eigenvalue weighted by molar-refractivity contribution is 6.66. The molecule has 0 aliphatic carbocycles. The molecular formula is C4H5Cl3O. The van der Waals surface area contributed by atoms with Crippen molar-refractivity contribution >= 4 is 34.8 Å². The molecule has 8 heavy (non-hydrogen) atoms. The molecule has 0 aromatic heterocycles. The summed E-state index contributed by atoms with van der Waals surface area (Å²) in [6.07, 6.45) is 1.50. The van der Waals surface area contributed by atoms with E-state index in [1.54, 1.807) is 0 Å². The van der Waals surface area contributed by atoms with Crippen molar-refractivity contribution in [3.05, 3.63) is 12.7 Å². The lowest BCUT2D eigenvalue weighted by Crippen LogP contribution is -2.07. The Morgan fingerprint density at radius 2 is 2.00 bits per heavy atom. The van der Waals surface area contributed by atoms with E-state index < -0.39 is 3.98 Å². The Labute approximate surface area is 63.2 Å². The fourth-order valence-electron chi connectivity index (χ4n) is 0.153. The minimum Gasteiger partial charge on any atom is -0.330 e. The van der Waals surface area contributed by atoms with Gasteiger partial charge in [-0.1, -0.05) is 40.9 Å². The maximum atomic E-state index is 5.17. The van der Waals surface area contributed by atoms with Crippen LogP contribution in [-0.4, -0.2) is 10.6 Å². The zero-order valence-electron chi connectivity index (χ0n) is 4.03. The Hall–Kier alpha value is 0.570. The molecule has 0 saturated heterocycles. The molecule has 0 rings (SSSR count). The quantitative estimate of drug-likeness (QED) is 0.463. The van der Waals surface area contributed by atoms with Gasteiger partial charge < -0.3 is 4.74 Å². The zero-order valence-corrected chi connectivity index (χ0v) is 6.30. The number of hydrogen-bond acceptors (Lipinski definition) is 1. The van der Waals surface area contributed by atoms with Crippen molar-refractivity contribution in [1.82, 2.24) is 0 Å². The van der Waals surface area contributed by atoms with E-state index in [4.69, 9.17) is 34.8 Å². The molecule has 0 bridgehead atoms. The molecule has 0 atom stereocenters. The molecule has 0 radical (unpaired) electrons. The first-order valence-electron chi connectivity index (χ1n) is 1.88. The van der Waals surface area contributed by atoms with Crippen LogP contribution in [0.25, 0.3) is 0 Å². The second-order valence-electron chi connectivity index (χ2n) is 1.05. The van der Waals surface area contributed by atoms with Gasteiger partial charge in [-0.05, 0) is 0 Å². The van der Waals surface area contributed by atoms with Gasteiger partial charge in [-0.15, -0.1) is 6.58 Å². The standard InChI is InChI=1S/C4H5Cl3O/c1-2-3-8-4(5,6)7/h2H,1,3H2. The van der Waals surface area contributed by atoms with Gasteiger partial charge in [0.15, 0.2) is 0 Å². The predicted octanol–water partition coefficient (Wildman–Crippen LogP) is 2.52. The van der Waals surface area contributed by atoms with Crippen molar-refractivity contribution < 1.29 is 4.74 Å². The van der Waals surface area contributed by atoms with E-state index in [2.05, 4.69) is 11.3 Å². The zero-order chi connectivity index (χ0) is 6.62. The van der Waals surface area contributed by atoms with E-state index in [-0.39, 0.29) is 6.61 Å². The van der Waals surface area contributed by atoms with Crippen LogP contribution < -0.4 is 0 Å². The summed E-state index contributed by atoms with van der Waals surface area (Å²) < 4.78 is 2.95. The predicted molar refractivity (Wildman–Crippen MR) is 36.4 cm³/mol. The van der Waals surface area contributed by atoms with E-state index in [0.717, 1.165) is 0 Å². The van der Waals surface area contributed by atoms with Crippen molar-refractivity contribution in [2.75, 3.05) is 6.61 Å². The first kappa shape index (κ1) is 8.57. The molecule has 48 valence electrons. The van der Waals surface area contributed by atoms with Gasteiger partial charge in [0, 0.05) is 0 Å². The number of halogens is 3. The summed E-state index contributed by atoms with van der Waals surface area (Å²) in [5.41, 5.74) is 0. The van der Waals surface area contributed by atoms with Gasteiger partial charge in [0.2, 0.25) is 0 Å². The number of hydrogen-bond donors (Lipinski definition) is 0. The van der Waals surface area contributed by atoms with Crippen LogP contribution >= 0.6 is 34.8 Å². The first-order valence-corrected chi connectivity index (χ1v) is 3.01. The SMILES string of the molecule is C=CCOC(Cl)(Cl)Cl. The topological polar surface area (TPSA) is 9.23 Å². The normalized spacial score (nSPS) is 11.4. The van der Waals surface area contributed by atoms with Crippen molar-refractivity contribution in [2.45, 2.75) is 3.98 Å². The molecule has 0 aromatic carbocycles. The first-order chi connectivity index (χ1) is 3.56. The number of rotatable bonds is 2. The largest absolute Gasteiger partial charge is 0.330 e. The summed E-state index contributed by atoms with van der Waals surface area (Å²) in [5.74, 6) is 0. The van der Waals surface area contributed by atoms with Crippen LogP contribution in [0.4, 0.5) is 0 Å². The van der Waals surface area contributed by atoms with Gasteiger partial charge >= 0.3 is 0 Å². The maximum Gasteiger partial charge on any atom is 0.297 e. The highest BCUT2D eigenvalue weighted by Gasteiger charge is 2.18. The molecule has 0 saturated carbocycles. The third kappa shape index (κ3) is 6.57. The summed E-state index contributed by atoms with van der Waals surface area (Å²) in [6, 6.07) is 0. The second-order valence-corrected chi connectivity index (χ2v) is 3.22. The molecule has 0 spiro atoms. The molecule has 4 heteroatoms. The van der Waals surface area contributed by atoms with E-state index in [1.165, 1.54) is 6.08 Å². The molecule has 0 aromatic rings. The summed E-state index contributed by atoms with van der Waals surface area (Å²) in [5, 5.41) is 0. The van der Waals surface area contributed by atoms with E-state index in [1.807, 2.05) is 0 Å². The van der Waals surface area contributed by atoms with Crippen molar-refractivity contribution in [3.63, 3.8) is 0 Å². The maximum absolute atomic E-state index is 5.17. The average Bonchev–Trinajstić information content (AvgIpc) is 1.59. The second kappa shape index (κ2) is 3.57. The van der Waals surface area contributed by atoms with Crippen LogP contribution in [0.15, 0.2) is 12.7 Å². The van der Waals surface area contributed by atoms with Gasteiger partial charge in [-0.2, -0.15) is 0 Å². The molecule has 0 fully saturated rings. The van der Waals surface area contributed by atoms with E-state index in [9.17, 15) is 0 Å². The smallest absolute Gasteiger partial charge is 0.297 e. The Bertz CT molecular complexity index is 75.8. The van der Waals surface area contributed by atoms with E-state index >= 15 is 0 Å². The minimum atomic E-state index is -1.60. The molecule has 0 heterocycles. The lowest BCUT2D eigenvalue weighted by molar-refractivity contribution is 0.159. The fourth-order valence-corrected chi connectivity index (χ4v) is 0.342. The van der Waals surface area contributed by atoms with Crippen molar-refractivity contribution in [3.8, 4) is 0 Å². The highest BCUT2D eigenvalue weighted by atomic mass is 35.6. The van der Waals surface area contributed by atoms with Crippen LogP contribution in [-0.2, 0) is 4.74 Å². The Balaban J connectivity index is 3.24. The molecule has 0 N–H and O–H groups in total. The van der Waals surface area contributed by atoms with Gasteiger partial charge in [0.1, 0.15) is 0 Å². The van der Waals surface area contributed by atoms with Crippen LogP contribution in [0.2, 0.25) is 0 Å². The molecule has 0 aliphatic rings. The minimum absolute atomic E-state index is 0.247. The van der Waals surface area contributed by atoms with Gasteiger partial charge in [0.25, 0.3) is 3.98 Å². The molecular weight excluding hydrogens is 170 g/mol. The summed E-state index contributed by atoms with van der Waals surface area (Å²) in [6.45, 7) is 3.61. The van der Waals surface area contributed by atoms with Crippen LogP contribution in [0.1, 0.15) is 0 Å². The lowest BCUT2D eigenvalue weighted by Gasteiger charge is -2.08. The Kier molecular flexibility index (Phi) is 3.82. The highest BCUT2D eigenvalue weighted by Crippen LogP contribution is 2.26. The molecule has 0 amide bonds. The average molecular weight is 175 g/mol. The van der Waals surface area contributed by atoms with Crippen molar-refractivity contribution in [2.24, 2.45) is 0 Å². The summed E-state index contributed by atoms with van der Waals surface area (Å²) in [7, 11) is 0. The molecule has 0 unspecified atom stereocenters. The number of ether oxygens (including phenoxy) is 1. The number of alkyl halides is 3. The van der Waals surface area contributed by atoms with Gasteiger partial charge in [-0.25, -0.2) is 0 Å². The monoisotopic (exact) mass is 174 g/mol. The van der Waals surface area contributed by atoms with Crippen LogP contribution in [0.3, 0.4) is 0 Å². The van der Waals surface area contributed by atoms with Gasteiger partial charge in [0.05, 0.1) is 6.61 Å². The third-order valence-electron chi connectivity index (χ3n) is 0.365. The fraction of sp³-hybridized carbons (Fsp3) is 0.500. The lowest BCUT2D eigenvalue weighted by atomic mass is 10.7. The van der Waals surface area contributed by atoms with Gasteiger partial charge in [-0.3, -0.25) is 0 Å². The third-order valence-corrected chi connectivity index (χ3v) is 0.692. The van der Waals surface area contributed by atoms with E-state index in [0.29, 0.717) is 0 Å². The summed E-state index contributed by atoms with van der Waals surface area (Å²) >= 11 is 15.5. The van der Waals surface area contributed by atoms with Crippen molar-refractivity contribution in [1.29, 1.82) is 0 Å². The van der Waals surface area contributed by atoms with Crippen LogP contribution in [0, 0.1) is 0 Å². The Morgan fingerprint density at radius 1 is 1.50 bits per heavy atom. The molecule has 0 aliphatic heterocycles.